The summed E-state index contributed by atoms with van der Waals surface area (Å²) in [6.45, 7) is 13.0. The van der Waals surface area contributed by atoms with Crippen LogP contribution in [0.3, 0.4) is 0 Å². The minimum Gasteiger partial charge on any atom is -0.490 e. The Bertz CT molecular complexity index is 1950. The molecule has 0 bridgehead atoms. The van der Waals surface area contributed by atoms with Crippen LogP contribution < -0.4 is 25.2 Å². The van der Waals surface area contributed by atoms with Crippen molar-refractivity contribution in [1.82, 2.24) is 30.6 Å². The molecular formula is C43H52ClN9O4. The van der Waals surface area contributed by atoms with E-state index in [1.807, 2.05) is 37.3 Å². The van der Waals surface area contributed by atoms with Crippen molar-refractivity contribution in [1.29, 1.82) is 5.26 Å². The van der Waals surface area contributed by atoms with Gasteiger partial charge in [0.25, 0.3) is 11.8 Å². The number of piperazine rings is 1. The Balaban J connectivity index is 0.800. The average molecular weight is 794 g/mol. The van der Waals surface area contributed by atoms with Crippen molar-refractivity contribution in [2.24, 2.45) is 5.92 Å². The molecule has 3 aromatic rings. The molecule has 3 aliphatic heterocycles. The van der Waals surface area contributed by atoms with E-state index >= 15 is 0 Å². The van der Waals surface area contributed by atoms with Crippen LogP contribution in [0.4, 0.5) is 11.5 Å². The molecule has 1 aromatic heterocycles. The van der Waals surface area contributed by atoms with Gasteiger partial charge >= 0.3 is 0 Å². The summed E-state index contributed by atoms with van der Waals surface area (Å²) >= 11 is 6.15. The molecule has 1 atom stereocenters. The quantitative estimate of drug-likeness (QED) is 0.258. The van der Waals surface area contributed by atoms with Crippen molar-refractivity contribution >= 4 is 40.8 Å². The second-order valence-corrected chi connectivity index (χ2v) is 16.0. The van der Waals surface area contributed by atoms with Gasteiger partial charge in [-0.1, -0.05) is 18.2 Å². The van der Waals surface area contributed by atoms with Gasteiger partial charge in [-0.2, -0.15) is 5.26 Å². The lowest BCUT2D eigenvalue weighted by molar-refractivity contribution is -0.126. The third-order valence-corrected chi connectivity index (χ3v) is 12.2. The Morgan fingerprint density at radius 2 is 1.68 bits per heavy atom. The third-order valence-electron chi connectivity index (χ3n) is 11.9. The summed E-state index contributed by atoms with van der Waals surface area (Å²) in [6, 6.07) is 18.2. The maximum Gasteiger partial charge on any atom is 0.272 e. The number of benzene rings is 2. The monoisotopic (exact) mass is 793 g/mol. The predicted octanol–water partition coefficient (Wildman–Crippen LogP) is 5.41. The van der Waals surface area contributed by atoms with Gasteiger partial charge < -0.3 is 30.1 Å². The highest BCUT2D eigenvalue weighted by Crippen LogP contribution is 2.28. The molecule has 3 amide bonds. The topological polar surface area (TPSA) is 147 Å². The Kier molecular flexibility index (Phi) is 12.9. The summed E-state index contributed by atoms with van der Waals surface area (Å²) in [6.07, 6.45) is 6.68. The molecule has 0 spiro atoms. The molecule has 3 saturated heterocycles. The molecule has 300 valence electrons. The van der Waals surface area contributed by atoms with Crippen LogP contribution >= 0.6 is 11.6 Å². The Morgan fingerprint density at radius 3 is 2.32 bits per heavy atom. The number of anilines is 2. The van der Waals surface area contributed by atoms with Crippen LogP contribution in [0.1, 0.15) is 84.7 Å². The Labute approximate surface area is 340 Å². The third kappa shape index (κ3) is 9.86. The van der Waals surface area contributed by atoms with Crippen molar-refractivity contribution in [3.63, 3.8) is 0 Å². The van der Waals surface area contributed by atoms with Gasteiger partial charge in [-0.25, -0.2) is 0 Å². The largest absolute Gasteiger partial charge is 0.490 e. The lowest BCUT2D eigenvalue weighted by Crippen LogP contribution is -2.51. The Hall–Kier alpha value is -5.19. The minimum absolute atomic E-state index is 0.0327. The molecule has 2 aromatic carbocycles. The number of piperidine rings is 2. The zero-order valence-electron chi connectivity index (χ0n) is 32.7. The van der Waals surface area contributed by atoms with E-state index in [-0.39, 0.29) is 29.9 Å². The number of likely N-dealkylation sites (N-methyl/N-ethyl adjacent to an activating group) is 1. The summed E-state index contributed by atoms with van der Waals surface area (Å²) in [7, 11) is 0. The minimum atomic E-state index is -0.470. The highest BCUT2D eigenvalue weighted by atomic mass is 35.5. The molecular weight excluding hydrogens is 742 g/mol. The summed E-state index contributed by atoms with van der Waals surface area (Å²) in [4.78, 5) is 47.8. The van der Waals surface area contributed by atoms with E-state index in [1.54, 1.807) is 29.2 Å². The highest BCUT2D eigenvalue weighted by molar-refractivity contribution is 6.31. The molecule has 4 fully saturated rings. The van der Waals surface area contributed by atoms with Crippen LogP contribution in [0, 0.1) is 17.2 Å². The van der Waals surface area contributed by atoms with Gasteiger partial charge in [-0.05, 0) is 113 Å². The summed E-state index contributed by atoms with van der Waals surface area (Å²) in [5, 5.41) is 24.1. The molecule has 1 aliphatic carbocycles. The van der Waals surface area contributed by atoms with Gasteiger partial charge in [0.1, 0.15) is 17.9 Å². The van der Waals surface area contributed by atoms with Crippen molar-refractivity contribution in [2.75, 3.05) is 62.2 Å². The number of ether oxygens (including phenoxy) is 1. The summed E-state index contributed by atoms with van der Waals surface area (Å²) in [5.74, 6) is 1.59. The number of nitriles is 1. The molecule has 1 unspecified atom stereocenters. The summed E-state index contributed by atoms with van der Waals surface area (Å²) < 4.78 is 6.09. The molecule has 57 heavy (non-hydrogen) atoms. The number of carbonyl (C=O) groups is 3. The van der Waals surface area contributed by atoms with Gasteiger partial charge in [-0.3, -0.25) is 19.3 Å². The number of nitrogens with zero attached hydrogens (tertiary/aromatic N) is 7. The van der Waals surface area contributed by atoms with E-state index in [4.69, 9.17) is 21.6 Å². The van der Waals surface area contributed by atoms with Gasteiger partial charge in [-0.15, -0.1) is 10.2 Å². The molecule has 0 radical (unpaired) electrons. The fraction of sp³-hybridized carbons (Fsp3) is 0.488. The van der Waals surface area contributed by atoms with Crippen LogP contribution in [0.2, 0.25) is 5.02 Å². The van der Waals surface area contributed by atoms with E-state index < -0.39 is 6.04 Å². The molecule has 4 heterocycles. The smallest absolute Gasteiger partial charge is 0.272 e. The van der Waals surface area contributed by atoms with Gasteiger partial charge in [0, 0.05) is 81.4 Å². The first-order chi connectivity index (χ1) is 27.7. The van der Waals surface area contributed by atoms with Crippen LogP contribution in [0.25, 0.3) is 0 Å². The molecule has 7 rings (SSSR count). The van der Waals surface area contributed by atoms with Crippen LogP contribution in [-0.2, 0) is 4.79 Å². The fourth-order valence-electron chi connectivity index (χ4n) is 8.50. The number of allylic oxidation sites excluding steroid dienone is 1. The van der Waals surface area contributed by atoms with Gasteiger partial charge in [0.15, 0.2) is 11.5 Å². The van der Waals surface area contributed by atoms with Crippen LogP contribution in [0.5, 0.6) is 5.75 Å². The van der Waals surface area contributed by atoms with Crippen LogP contribution in [-0.4, -0.2) is 108 Å². The highest BCUT2D eigenvalue weighted by Gasteiger charge is 2.33. The van der Waals surface area contributed by atoms with Gasteiger partial charge in [0.05, 0.1) is 16.7 Å². The van der Waals surface area contributed by atoms with Crippen molar-refractivity contribution in [2.45, 2.75) is 76.5 Å². The van der Waals surface area contributed by atoms with E-state index in [1.165, 1.54) is 0 Å². The maximum atomic E-state index is 13.4. The number of hydrogen-bond donors (Lipinski definition) is 2. The summed E-state index contributed by atoms with van der Waals surface area (Å²) in [5.41, 5.74) is 3.16. The molecule has 14 heteroatoms. The molecule has 2 N–H and O–H groups in total. The number of aromatic nitrogens is 2. The van der Waals surface area contributed by atoms with E-state index in [0.717, 1.165) is 95.8 Å². The van der Waals surface area contributed by atoms with E-state index in [2.05, 4.69) is 48.2 Å². The lowest BCUT2D eigenvalue weighted by Gasteiger charge is -2.39. The first-order valence-corrected chi connectivity index (χ1v) is 20.7. The fourth-order valence-corrected chi connectivity index (χ4v) is 8.71. The number of rotatable bonds is 11. The van der Waals surface area contributed by atoms with E-state index in [0.29, 0.717) is 58.6 Å². The molecule has 1 saturated carbocycles. The first kappa shape index (κ1) is 40.0. The molecule has 13 nitrogen and oxygen atoms in total. The van der Waals surface area contributed by atoms with E-state index in [9.17, 15) is 14.4 Å². The standard InChI is InChI=1S/C43H52ClN9O4/c1-3-53(39-16-4-29(2)46-42(39)55)43(56)31-5-10-34(11-6-31)51-24-22-50(23-25-51)28-30-18-20-52(21-19-30)40-17-15-38(48-49-40)41(54)47-33-8-13-35(14-9-33)57-36-12-7-32(27-45)37(44)26-36/h5-7,10-12,15,17,26,30,33,35,39H,2-4,8-9,13-14,16,18-25,28H2,1H3,(H,46,55)(H,47,54). The number of amides is 3. The number of carbonyl (C=O) groups excluding carboxylic acids is 3. The number of nitrogens with one attached hydrogen (secondary N) is 2. The number of hydrogen-bond acceptors (Lipinski definition) is 10. The second kappa shape index (κ2) is 18.4. The van der Waals surface area contributed by atoms with Crippen molar-refractivity contribution in [3.8, 4) is 11.8 Å². The number of halogens is 1. The normalized spacial score (nSPS) is 22.0. The zero-order chi connectivity index (χ0) is 39.9. The van der Waals surface area contributed by atoms with Crippen LogP contribution in [0.15, 0.2) is 66.9 Å². The maximum absolute atomic E-state index is 13.4. The van der Waals surface area contributed by atoms with Crippen molar-refractivity contribution < 1.29 is 19.1 Å². The Morgan fingerprint density at radius 1 is 0.947 bits per heavy atom. The lowest BCUT2D eigenvalue weighted by atomic mass is 9.93. The first-order valence-electron chi connectivity index (χ1n) is 20.3. The van der Waals surface area contributed by atoms with Gasteiger partial charge in [0.2, 0.25) is 5.91 Å². The predicted molar refractivity (Wildman–Crippen MR) is 219 cm³/mol. The van der Waals surface area contributed by atoms with Crippen molar-refractivity contribution in [3.05, 3.63) is 88.7 Å². The SMILES string of the molecule is C=C1CCC(N(CC)C(=O)c2ccc(N3CCN(CC4CCN(c5ccc(C(=O)NC6CCC(Oc7ccc(C#N)c(Cl)c7)CC6)nn5)CC4)CC3)cc2)C(=O)N1. The zero-order valence-corrected chi connectivity index (χ0v) is 33.4. The average Bonchev–Trinajstić information content (AvgIpc) is 3.23. The second-order valence-electron chi connectivity index (χ2n) is 15.6. The molecule has 4 aliphatic rings.